The molecule has 1 rings (SSSR count). The molecular formula is C11H13F3N2O3. The molecule has 0 saturated heterocycles. The van der Waals surface area contributed by atoms with E-state index in [-0.39, 0.29) is 30.0 Å². The lowest BCUT2D eigenvalue weighted by Crippen LogP contribution is -2.21. The molecule has 1 heterocycles. The summed E-state index contributed by atoms with van der Waals surface area (Å²) in [5.74, 6) is -1.37. The zero-order valence-electron chi connectivity index (χ0n) is 10.4. The van der Waals surface area contributed by atoms with Gasteiger partial charge in [0.05, 0.1) is 24.1 Å². The molecule has 0 bridgehead atoms. The molecule has 106 valence electrons. The fourth-order valence-corrected chi connectivity index (χ4v) is 1.53. The number of carbonyl (C=O) groups is 1. The van der Waals surface area contributed by atoms with Gasteiger partial charge in [0.2, 0.25) is 0 Å². The Hall–Kier alpha value is -1.83. The van der Waals surface area contributed by atoms with Gasteiger partial charge in [0.1, 0.15) is 0 Å². The highest BCUT2D eigenvalue weighted by Gasteiger charge is 2.33. The van der Waals surface area contributed by atoms with Gasteiger partial charge in [-0.2, -0.15) is 0 Å². The first-order valence-electron chi connectivity index (χ1n) is 5.41. The number of nitrogens with two attached hydrogens (primary N) is 1. The van der Waals surface area contributed by atoms with E-state index in [1.807, 2.05) is 0 Å². The van der Waals surface area contributed by atoms with E-state index in [4.69, 9.17) is 10.5 Å². The highest BCUT2D eigenvalue weighted by Crippen LogP contribution is 2.29. The SMILES string of the molecule is CCOC(=O)c1c(C)ncc(OC(F)(F)F)c1CN. The van der Waals surface area contributed by atoms with Gasteiger partial charge in [-0.3, -0.25) is 4.98 Å². The van der Waals surface area contributed by atoms with E-state index in [0.717, 1.165) is 6.20 Å². The van der Waals surface area contributed by atoms with Crippen molar-refractivity contribution in [2.45, 2.75) is 26.8 Å². The Kier molecular flexibility index (Phi) is 4.71. The quantitative estimate of drug-likeness (QED) is 0.852. The Labute approximate surface area is 107 Å². The monoisotopic (exact) mass is 278 g/mol. The van der Waals surface area contributed by atoms with Gasteiger partial charge in [0.15, 0.2) is 5.75 Å². The van der Waals surface area contributed by atoms with E-state index in [9.17, 15) is 18.0 Å². The van der Waals surface area contributed by atoms with Crippen LogP contribution >= 0.6 is 0 Å². The van der Waals surface area contributed by atoms with E-state index in [2.05, 4.69) is 9.72 Å². The zero-order chi connectivity index (χ0) is 14.6. The molecular weight excluding hydrogens is 265 g/mol. The van der Waals surface area contributed by atoms with Crippen molar-refractivity contribution >= 4 is 5.97 Å². The maximum atomic E-state index is 12.2. The van der Waals surface area contributed by atoms with Crippen molar-refractivity contribution in [3.8, 4) is 5.75 Å². The van der Waals surface area contributed by atoms with Crippen LogP contribution in [0.3, 0.4) is 0 Å². The van der Waals surface area contributed by atoms with Crippen LogP contribution in [0.5, 0.6) is 5.75 Å². The average molecular weight is 278 g/mol. The fraction of sp³-hybridized carbons (Fsp3) is 0.455. The van der Waals surface area contributed by atoms with Gasteiger partial charge < -0.3 is 15.2 Å². The smallest absolute Gasteiger partial charge is 0.462 e. The second-order valence-electron chi connectivity index (χ2n) is 3.53. The summed E-state index contributed by atoms with van der Waals surface area (Å²) in [5, 5.41) is 0. The maximum absolute atomic E-state index is 12.2. The molecule has 19 heavy (non-hydrogen) atoms. The lowest BCUT2D eigenvalue weighted by Gasteiger charge is -2.16. The second kappa shape index (κ2) is 5.87. The molecule has 0 fully saturated rings. The molecule has 8 heteroatoms. The number of rotatable bonds is 4. The van der Waals surface area contributed by atoms with Crippen LogP contribution in [0.4, 0.5) is 13.2 Å². The number of nitrogens with zero attached hydrogens (tertiary/aromatic N) is 1. The molecule has 0 spiro atoms. The standard InChI is InChI=1S/C11H13F3N2O3/c1-3-18-10(17)9-6(2)16-5-8(7(9)4-15)19-11(12,13)14/h5H,3-4,15H2,1-2H3. The first-order valence-corrected chi connectivity index (χ1v) is 5.41. The Morgan fingerprint density at radius 1 is 1.47 bits per heavy atom. The normalized spacial score (nSPS) is 11.3. The molecule has 0 saturated carbocycles. The van der Waals surface area contributed by atoms with E-state index in [1.165, 1.54) is 6.92 Å². The number of hydrogen-bond donors (Lipinski definition) is 1. The first kappa shape index (κ1) is 15.2. The third-order valence-corrected chi connectivity index (χ3v) is 2.25. The van der Waals surface area contributed by atoms with Crippen LogP contribution in [0.1, 0.15) is 28.5 Å². The molecule has 1 aromatic heterocycles. The summed E-state index contributed by atoms with van der Waals surface area (Å²) in [7, 11) is 0. The molecule has 0 radical (unpaired) electrons. The molecule has 5 nitrogen and oxygen atoms in total. The number of ether oxygens (including phenoxy) is 2. The van der Waals surface area contributed by atoms with Crippen molar-refractivity contribution in [2.24, 2.45) is 5.73 Å². The molecule has 2 N–H and O–H groups in total. The highest BCUT2D eigenvalue weighted by molar-refractivity contribution is 5.93. The lowest BCUT2D eigenvalue weighted by atomic mass is 10.1. The van der Waals surface area contributed by atoms with Crippen molar-refractivity contribution in [3.63, 3.8) is 0 Å². The van der Waals surface area contributed by atoms with Crippen molar-refractivity contribution in [1.29, 1.82) is 0 Å². The van der Waals surface area contributed by atoms with E-state index in [0.29, 0.717) is 0 Å². The van der Waals surface area contributed by atoms with Crippen LogP contribution in [-0.2, 0) is 11.3 Å². The van der Waals surface area contributed by atoms with Crippen molar-refractivity contribution in [3.05, 3.63) is 23.0 Å². The summed E-state index contributed by atoms with van der Waals surface area (Å²) < 4.78 is 45.3. The van der Waals surface area contributed by atoms with E-state index < -0.39 is 18.1 Å². The van der Waals surface area contributed by atoms with Gasteiger partial charge in [-0.25, -0.2) is 4.79 Å². The largest absolute Gasteiger partial charge is 0.573 e. The Bertz CT molecular complexity index is 475. The van der Waals surface area contributed by atoms with E-state index in [1.54, 1.807) is 6.92 Å². The van der Waals surface area contributed by atoms with Crippen molar-refractivity contribution < 1.29 is 27.4 Å². The number of alkyl halides is 3. The third kappa shape index (κ3) is 3.82. The zero-order valence-corrected chi connectivity index (χ0v) is 10.4. The van der Waals surface area contributed by atoms with Gasteiger partial charge in [0.25, 0.3) is 0 Å². The Balaban J connectivity index is 3.29. The minimum atomic E-state index is -4.88. The third-order valence-electron chi connectivity index (χ3n) is 2.25. The number of aryl methyl sites for hydroxylation is 1. The summed E-state index contributed by atoms with van der Waals surface area (Å²) in [6.07, 6.45) is -4.00. The van der Waals surface area contributed by atoms with Gasteiger partial charge in [-0.05, 0) is 13.8 Å². The van der Waals surface area contributed by atoms with Gasteiger partial charge >= 0.3 is 12.3 Å². The summed E-state index contributed by atoms with van der Waals surface area (Å²) in [6, 6.07) is 0. The lowest BCUT2D eigenvalue weighted by molar-refractivity contribution is -0.275. The van der Waals surface area contributed by atoms with Crippen LogP contribution in [0, 0.1) is 6.92 Å². The van der Waals surface area contributed by atoms with Crippen LogP contribution in [-0.4, -0.2) is 23.9 Å². The topological polar surface area (TPSA) is 74.4 Å². The fourth-order valence-electron chi connectivity index (χ4n) is 1.53. The first-order chi connectivity index (χ1) is 8.80. The predicted octanol–water partition coefficient (Wildman–Crippen LogP) is 1.92. The summed E-state index contributed by atoms with van der Waals surface area (Å²) in [6.45, 7) is 2.84. The van der Waals surface area contributed by atoms with E-state index >= 15 is 0 Å². The molecule has 0 aliphatic carbocycles. The molecule has 0 amide bonds. The average Bonchev–Trinajstić information content (AvgIpc) is 2.29. The molecule has 1 aromatic rings. The molecule has 0 aliphatic rings. The number of aromatic nitrogens is 1. The highest BCUT2D eigenvalue weighted by atomic mass is 19.4. The minimum absolute atomic E-state index is 0.0803. The van der Waals surface area contributed by atoms with Crippen LogP contribution in [0.2, 0.25) is 0 Å². The van der Waals surface area contributed by atoms with Gasteiger partial charge in [0, 0.05) is 12.1 Å². The summed E-state index contributed by atoms with van der Waals surface area (Å²) in [4.78, 5) is 15.4. The van der Waals surface area contributed by atoms with Gasteiger partial charge in [-0.1, -0.05) is 0 Å². The predicted molar refractivity (Wildman–Crippen MR) is 59.5 cm³/mol. The number of esters is 1. The van der Waals surface area contributed by atoms with Crippen LogP contribution < -0.4 is 10.5 Å². The van der Waals surface area contributed by atoms with Crippen molar-refractivity contribution in [2.75, 3.05) is 6.61 Å². The number of halogens is 3. The number of pyridine rings is 1. The van der Waals surface area contributed by atoms with Crippen LogP contribution in [0.15, 0.2) is 6.20 Å². The Morgan fingerprint density at radius 3 is 2.58 bits per heavy atom. The Morgan fingerprint density at radius 2 is 2.11 bits per heavy atom. The van der Waals surface area contributed by atoms with Crippen molar-refractivity contribution in [1.82, 2.24) is 4.98 Å². The molecule has 0 unspecified atom stereocenters. The number of carbonyl (C=O) groups excluding carboxylic acids is 1. The molecule has 0 aliphatic heterocycles. The van der Waals surface area contributed by atoms with Gasteiger partial charge in [-0.15, -0.1) is 13.2 Å². The second-order valence-corrected chi connectivity index (χ2v) is 3.53. The summed E-state index contributed by atoms with van der Waals surface area (Å²) in [5.41, 5.74) is 5.45. The van der Waals surface area contributed by atoms with Crippen LogP contribution in [0.25, 0.3) is 0 Å². The minimum Gasteiger partial charge on any atom is -0.462 e. The number of hydrogen-bond acceptors (Lipinski definition) is 5. The maximum Gasteiger partial charge on any atom is 0.573 e. The summed E-state index contributed by atoms with van der Waals surface area (Å²) >= 11 is 0. The molecule has 0 atom stereocenters. The molecule has 0 aromatic carbocycles.